The first kappa shape index (κ1) is 15.3. The molecule has 1 N–H and O–H groups in total. The minimum atomic E-state index is -4.06. The topological polar surface area (TPSA) is 98.3 Å². The fourth-order valence-corrected chi connectivity index (χ4v) is 3.37. The summed E-state index contributed by atoms with van der Waals surface area (Å²) in [5.41, 5.74) is -0.130. The maximum absolute atomic E-state index is 11.9. The van der Waals surface area contributed by atoms with E-state index in [1.807, 2.05) is 0 Å². The molecule has 0 radical (unpaired) electrons. The molecule has 0 aliphatic carbocycles. The standard InChI is InChI=1S/C11H15ClN2O5S/c1-7-10(20(12,16)17)9(14-13-7)11(15)19-6-8-4-2-3-5-18-8/h8H,2-6H2,1H3,(H,13,14). The number of hydrogen-bond acceptors (Lipinski definition) is 6. The van der Waals surface area contributed by atoms with Gasteiger partial charge in [0.1, 0.15) is 11.5 Å². The molecule has 2 rings (SSSR count). The average Bonchev–Trinajstić information content (AvgIpc) is 2.79. The summed E-state index contributed by atoms with van der Waals surface area (Å²) >= 11 is 0. The Morgan fingerprint density at radius 2 is 2.30 bits per heavy atom. The van der Waals surface area contributed by atoms with Gasteiger partial charge >= 0.3 is 5.97 Å². The first-order chi connectivity index (χ1) is 9.39. The number of esters is 1. The van der Waals surface area contributed by atoms with Crippen molar-refractivity contribution in [2.75, 3.05) is 13.2 Å². The zero-order valence-corrected chi connectivity index (χ0v) is 12.5. The third-order valence-corrected chi connectivity index (χ3v) is 4.45. The summed E-state index contributed by atoms with van der Waals surface area (Å²) in [4.78, 5) is 11.5. The van der Waals surface area contributed by atoms with Gasteiger partial charge in [-0.25, -0.2) is 13.2 Å². The number of ether oxygens (including phenoxy) is 2. The number of carbonyl (C=O) groups is 1. The van der Waals surface area contributed by atoms with Crippen LogP contribution >= 0.6 is 10.7 Å². The van der Waals surface area contributed by atoms with Crippen LogP contribution in [0.1, 0.15) is 35.4 Å². The quantitative estimate of drug-likeness (QED) is 0.664. The lowest BCUT2D eigenvalue weighted by Crippen LogP contribution is -2.26. The van der Waals surface area contributed by atoms with Crippen LogP contribution < -0.4 is 0 Å². The Hall–Kier alpha value is -1.12. The molecule has 1 aromatic heterocycles. The Bertz CT molecular complexity index is 592. The van der Waals surface area contributed by atoms with Gasteiger partial charge in [-0.2, -0.15) is 5.10 Å². The molecule has 1 aliphatic heterocycles. The third-order valence-electron chi connectivity index (χ3n) is 3.00. The third kappa shape index (κ3) is 3.50. The van der Waals surface area contributed by atoms with Gasteiger partial charge in [0, 0.05) is 17.3 Å². The van der Waals surface area contributed by atoms with Gasteiger partial charge in [-0.15, -0.1) is 0 Å². The van der Waals surface area contributed by atoms with E-state index in [4.69, 9.17) is 20.2 Å². The molecule has 1 aromatic rings. The van der Waals surface area contributed by atoms with Crippen LogP contribution in [0.2, 0.25) is 0 Å². The molecule has 0 amide bonds. The summed E-state index contributed by atoms with van der Waals surface area (Å²) in [6.45, 7) is 2.18. The lowest BCUT2D eigenvalue weighted by Gasteiger charge is -2.21. The maximum Gasteiger partial charge on any atom is 0.360 e. The Balaban J connectivity index is 2.06. The minimum absolute atomic E-state index is 0.0759. The van der Waals surface area contributed by atoms with Gasteiger partial charge in [-0.3, -0.25) is 5.10 Å². The van der Waals surface area contributed by atoms with E-state index < -0.39 is 15.0 Å². The number of nitrogens with one attached hydrogen (secondary N) is 1. The van der Waals surface area contributed by atoms with Crippen LogP contribution in [0.25, 0.3) is 0 Å². The summed E-state index contributed by atoms with van der Waals surface area (Å²) < 4.78 is 33.3. The van der Waals surface area contributed by atoms with E-state index >= 15 is 0 Å². The van der Waals surface area contributed by atoms with Gasteiger partial charge in [0.05, 0.1) is 11.8 Å². The van der Waals surface area contributed by atoms with Crippen molar-refractivity contribution in [1.29, 1.82) is 0 Å². The molecule has 1 atom stereocenters. The lowest BCUT2D eigenvalue weighted by molar-refractivity contribution is -0.0303. The van der Waals surface area contributed by atoms with Gasteiger partial charge in [0.2, 0.25) is 0 Å². The van der Waals surface area contributed by atoms with Crippen molar-refractivity contribution in [2.45, 2.75) is 37.2 Å². The van der Waals surface area contributed by atoms with Gasteiger partial charge < -0.3 is 9.47 Å². The van der Waals surface area contributed by atoms with Crippen molar-refractivity contribution in [3.63, 3.8) is 0 Å². The molecular weight excluding hydrogens is 308 g/mol. The zero-order valence-electron chi connectivity index (χ0n) is 10.9. The second-order valence-corrected chi connectivity index (χ2v) is 7.05. The maximum atomic E-state index is 11.9. The smallest absolute Gasteiger partial charge is 0.360 e. The Labute approximate surface area is 121 Å². The number of rotatable bonds is 4. The summed E-state index contributed by atoms with van der Waals surface area (Å²) in [6.07, 6.45) is 2.68. The Morgan fingerprint density at radius 3 is 2.90 bits per heavy atom. The predicted octanol–water partition coefficient (Wildman–Crippen LogP) is 1.37. The van der Waals surface area contributed by atoms with Crippen molar-refractivity contribution < 1.29 is 22.7 Å². The van der Waals surface area contributed by atoms with Crippen molar-refractivity contribution in [3.05, 3.63) is 11.4 Å². The SMILES string of the molecule is Cc1[nH]nc(C(=O)OCC2CCCCO2)c1S(=O)(=O)Cl. The van der Waals surface area contributed by atoms with Gasteiger partial charge in [-0.1, -0.05) is 0 Å². The second kappa shape index (κ2) is 6.11. The molecule has 9 heteroatoms. The van der Waals surface area contributed by atoms with Crippen LogP contribution in [-0.4, -0.2) is 43.9 Å². The highest BCUT2D eigenvalue weighted by molar-refractivity contribution is 8.13. The van der Waals surface area contributed by atoms with Crippen molar-refractivity contribution in [1.82, 2.24) is 10.2 Å². The van der Waals surface area contributed by atoms with Crippen LogP contribution in [0.15, 0.2) is 4.90 Å². The molecule has 20 heavy (non-hydrogen) atoms. The monoisotopic (exact) mass is 322 g/mol. The molecule has 0 saturated carbocycles. The number of halogens is 1. The number of aromatic nitrogens is 2. The normalized spacial score (nSPS) is 19.8. The van der Waals surface area contributed by atoms with Crippen LogP contribution in [0.4, 0.5) is 0 Å². The first-order valence-corrected chi connectivity index (χ1v) is 8.49. The van der Waals surface area contributed by atoms with E-state index in [1.165, 1.54) is 6.92 Å². The molecule has 0 bridgehead atoms. The van der Waals surface area contributed by atoms with E-state index in [0.29, 0.717) is 6.61 Å². The molecule has 112 valence electrons. The fourth-order valence-electron chi connectivity index (χ4n) is 2.03. The van der Waals surface area contributed by atoms with Crippen LogP contribution in [0.3, 0.4) is 0 Å². The van der Waals surface area contributed by atoms with Crippen LogP contribution in [0.5, 0.6) is 0 Å². The largest absolute Gasteiger partial charge is 0.458 e. The van der Waals surface area contributed by atoms with E-state index in [-0.39, 0.29) is 29.0 Å². The van der Waals surface area contributed by atoms with Gasteiger partial charge in [-0.05, 0) is 26.2 Å². The number of carbonyl (C=O) groups excluding carboxylic acids is 1. The van der Waals surface area contributed by atoms with Gasteiger partial charge in [0.15, 0.2) is 5.69 Å². The molecule has 0 aromatic carbocycles. The molecule has 1 unspecified atom stereocenters. The molecule has 1 aliphatic rings. The second-order valence-electron chi connectivity index (χ2n) is 4.55. The van der Waals surface area contributed by atoms with E-state index in [9.17, 15) is 13.2 Å². The zero-order chi connectivity index (χ0) is 14.8. The molecule has 1 saturated heterocycles. The van der Waals surface area contributed by atoms with Crippen molar-refractivity contribution in [2.24, 2.45) is 0 Å². The Kier molecular flexibility index (Phi) is 4.66. The highest BCUT2D eigenvalue weighted by Gasteiger charge is 2.28. The highest BCUT2D eigenvalue weighted by atomic mass is 35.7. The lowest BCUT2D eigenvalue weighted by atomic mass is 10.1. The first-order valence-electron chi connectivity index (χ1n) is 6.18. The summed E-state index contributed by atoms with van der Waals surface area (Å²) in [5, 5.41) is 6.06. The fraction of sp³-hybridized carbons (Fsp3) is 0.636. The number of aromatic amines is 1. The minimum Gasteiger partial charge on any atom is -0.458 e. The van der Waals surface area contributed by atoms with Crippen molar-refractivity contribution in [3.8, 4) is 0 Å². The molecular formula is C11H15ClN2O5S. The molecule has 7 nitrogen and oxygen atoms in total. The summed E-state index contributed by atoms with van der Waals surface area (Å²) in [5.74, 6) is -0.831. The Morgan fingerprint density at radius 1 is 1.55 bits per heavy atom. The number of H-pyrrole nitrogens is 1. The summed E-state index contributed by atoms with van der Waals surface area (Å²) in [6, 6.07) is 0. The predicted molar refractivity (Wildman–Crippen MR) is 70.2 cm³/mol. The highest BCUT2D eigenvalue weighted by Crippen LogP contribution is 2.22. The van der Waals surface area contributed by atoms with E-state index in [1.54, 1.807) is 0 Å². The van der Waals surface area contributed by atoms with Crippen LogP contribution in [0, 0.1) is 6.92 Å². The molecule has 2 heterocycles. The van der Waals surface area contributed by atoms with E-state index in [0.717, 1.165) is 19.3 Å². The van der Waals surface area contributed by atoms with E-state index in [2.05, 4.69) is 10.2 Å². The number of hydrogen-bond donors (Lipinski definition) is 1. The molecule has 1 fully saturated rings. The van der Waals surface area contributed by atoms with Crippen LogP contribution in [-0.2, 0) is 18.5 Å². The van der Waals surface area contributed by atoms with Gasteiger partial charge in [0.25, 0.3) is 9.05 Å². The number of aryl methyl sites for hydroxylation is 1. The van der Waals surface area contributed by atoms with Crippen molar-refractivity contribution >= 4 is 25.7 Å². The number of nitrogens with zero attached hydrogens (tertiary/aromatic N) is 1. The average molecular weight is 323 g/mol. The molecule has 0 spiro atoms. The summed E-state index contributed by atoms with van der Waals surface area (Å²) in [7, 11) is 1.22.